The van der Waals surface area contributed by atoms with E-state index in [4.69, 9.17) is 5.73 Å². The first-order valence-electron chi connectivity index (χ1n) is 6.25. The Balaban J connectivity index is 2.29. The van der Waals surface area contributed by atoms with Crippen LogP contribution in [0.4, 0.5) is 5.69 Å². The number of piperidine rings is 1. The van der Waals surface area contributed by atoms with Crippen molar-refractivity contribution in [1.29, 1.82) is 0 Å². The van der Waals surface area contributed by atoms with Gasteiger partial charge in [-0.3, -0.25) is 18.7 Å². The zero-order valence-electron chi connectivity index (χ0n) is 10.9. The van der Waals surface area contributed by atoms with E-state index in [0.717, 1.165) is 0 Å². The summed E-state index contributed by atoms with van der Waals surface area (Å²) in [6.07, 6.45) is 0.0274. The number of hydrogen-bond acceptors (Lipinski definition) is 4. The van der Waals surface area contributed by atoms with Crippen molar-refractivity contribution >= 4 is 28.4 Å². The van der Waals surface area contributed by atoms with Crippen molar-refractivity contribution in [3.63, 3.8) is 0 Å². The molecule has 3 rings (SSSR count). The van der Waals surface area contributed by atoms with Crippen LogP contribution in [0.5, 0.6) is 0 Å². The van der Waals surface area contributed by atoms with Crippen molar-refractivity contribution in [3.05, 3.63) is 28.7 Å². The summed E-state index contributed by atoms with van der Waals surface area (Å²) in [6, 6.07) is 4.32. The zero-order chi connectivity index (χ0) is 14.4. The Morgan fingerprint density at radius 1 is 1.30 bits per heavy atom. The highest BCUT2D eigenvalue weighted by molar-refractivity contribution is 5.97. The molecule has 0 aliphatic carbocycles. The van der Waals surface area contributed by atoms with E-state index >= 15 is 0 Å². The predicted octanol–water partition coefficient (Wildman–Crippen LogP) is -0.448. The van der Waals surface area contributed by atoms with Crippen molar-refractivity contribution in [3.8, 4) is 0 Å². The third-order valence-electron chi connectivity index (χ3n) is 3.63. The molecule has 1 aliphatic heterocycles. The van der Waals surface area contributed by atoms with E-state index in [2.05, 4.69) is 5.32 Å². The maximum absolute atomic E-state index is 12.4. The number of fused-ring (bicyclic) bond motifs is 1. The summed E-state index contributed by atoms with van der Waals surface area (Å²) >= 11 is 0. The maximum Gasteiger partial charge on any atom is 0.329 e. The zero-order valence-corrected chi connectivity index (χ0v) is 10.9. The quantitative estimate of drug-likeness (QED) is 0.688. The van der Waals surface area contributed by atoms with Gasteiger partial charge in [-0.05, 0) is 12.1 Å². The Labute approximate surface area is 114 Å². The number of nitrogens with two attached hydrogens (primary N) is 1. The minimum atomic E-state index is -0.811. The molecule has 7 nitrogen and oxygen atoms in total. The summed E-state index contributed by atoms with van der Waals surface area (Å²) < 4.78 is 2.75. The summed E-state index contributed by atoms with van der Waals surface area (Å²) in [7, 11) is 1.60. The second kappa shape index (κ2) is 4.22. The number of carbonyl (C=O) groups excluding carboxylic acids is 2. The number of carbonyl (C=O) groups is 2. The number of Topliss-reactive ketones (excluding diaryl/α,β-unsaturated/α-hetero) is 1. The minimum Gasteiger partial charge on any atom is -0.397 e. The molecule has 1 aromatic heterocycles. The number of ketones is 1. The van der Waals surface area contributed by atoms with Crippen molar-refractivity contribution < 1.29 is 9.59 Å². The molecule has 3 N–H and O–H groups in total. The van der Waals surface area contributed by atoms with Crippen LogP contribution in [-0.2, 0) is 16.6 Å². The average Bonchev–Trinajstić information content (AvgIpc) is 2.66. The molecule has 104 valence electrons. The van der Waals surface area contributed by atoms with E-state index in [-0.39, 0.29) is 30.3 Å². The molecule has 20 heavy (non-hydrogen) atoms. The standard InChI is InChI=1S/C13H14N4O3/c1-16-11-8(14)3-2-4-9(11)17(13(16)20)10-5-7(18)6-15-12(10)19/h2-4,10H,5-6,14H2,1H3,(H,15,19). The molecule has 2 aromatic rings. The Kier molecular flexibility index (Phi) is 2.63. The highest BCUT2D eigenvalue weighted by Gasteiger charge is 2.31. The number of hydrogen-bond donors (Lipinski definition) is 2. The van der Waals surface area contributed by atoms with Crippen LogP contribution in [0.1, 0.15) is 12.5 Å². The SMILES string of the molecule is Cn1c(=O)n(C2CC(=O)CNC2=O)c2cccc(N)c21. The first-order valence-corrected chi connectivity index (χ1v) is 6.25. The molecule has 1 saturated heterocycles. The Bertz CT molecular complexity index is 787. The first-order chi connectivity index (χ1) is 9.50. The molecule has 1 atom stereocenters. The fourth-order valence-corrected chi connectivity index (χ4v) is 2.66. The topological polar surface area (TPSA) is 99.1 Å². The largest absolute Gasteiger partial charge is 0.397 e. The Morgan fingerprint density at radius 2 is 2.05 bits per heavy atom. The summed E-state index contributed by atoms with van der Waals surface area (Å²) in [5.41, 5.74) is 7.13. The van der Waals surface area contributed by atoms with Gasteiger partial charge in [-0.25, -0.2) is 4.79 Å². The molecule has 0 spiro atoms. The number of imidazole rings is 1. The normalized spacial score (nSPS) is 19.4. The highest BCUT2D eigenvalue weighted by Crippen LogP contribution is 2.24. The van der Waals surface area contributed by atoms with Gasteiger partial charge in [-0.15, -0.1) is 0 Å². The van der Waals surface area contributed by atoms with Crippen LogP contribution in [0.25, 0.3) is 11.0 Å². The van der Waals surface area contributed by atoms with Gasteiger partial charge >= 0.3 is 5.69 Å². The van der Waals surface area contributed by atoms with E-state index in [1.165, 1.54) is 9.13 Å². The fraction of sp³-hybridized carbons (Fsp3) is 0.308. The van der Waals surface area contributed by atoms with Gasteiger partial charge in [-0.2, -0.15) is 0 Å². The maximum atomic E-state index is 12.4. The monoisotopic (exact) mass is 274 g/mol. The van der Waals surface area contributed by atoms with Crippen LogP contribution in [0.3, 0.4) is 0 Å². The number of amides is 1. The van der Waals surface area contributed by atoms with Crippen molar-refractivity contribution in [2.45, 2.75) is 12.5 Å². The molecule has 1 fully saturated rings. The number of nitrogens with one attached hydrogen (secondary N) is 1. The van der Waals surface area contributed by atoms with E-state index in [1.54, 1.807) is 25.2 Å². The number of anilines is 1. The molecule has 1 amide bonds. The van der Waals surface area contributed by atoms with Gasteiger partial charge in [0.1, 0.15) is 6.04 Å². The molecule has 1 aliphatic rings. The van der Waals surface area contributed by atoms with Crippen LogP contribution in [0, 0.1) is 0 Å². The van der Waals surface area contributed by atoms with Gasteiger partial charge in [0.2, 0.25) is 5.91 Å². The van der Waals surface area contributed by atoms with Crippen LogP contribution in [0.2, 0.25) is 0 Å². The number of benzene rings is 1. The minimum absolute atomic E-state index is 0.0248. The Hall–Kier alpha value is -2.57. The van der Waals surface area contributed by atoms with Gasteiger partial charge in [0.05, 0.1) is 23.3 Å². The fourth-order valence-electron chi connectivity index (χ4n) is 2.66. The van der Waals surface area contributed by atoms with Crippen molar-refractivity contribution in [2.24, 2.45) is 7.05 Å². The molecule has 0 saturated carbocycles. The first kappa shape index (κ1) is 12.5. The van der Waals surface area contributed by atoms with Crippen LogP contribution in [-0.4, -0.2) is 27.4 Å². The lowest BCUT2D eigenvalue weighted by molar-refractivity contribution is -0.133. The highest BCUT2D eigenvalue weighted by atomic mass is 16.2. The number of rotatable bonds is 1. The molecule has 0 bridgehead atoms. The van der Waals surface area contributed by atoms with Crippen molar-refractivity contribution in [2.75, 3.05) is 12.3 Å². The van der Waals surface area contributed by atoms with E-state index < -0.39 is 6.04 Å². The second-order valence-electron chi connectivity index (χ2n) is 4.90. The summed E-state index contributed by atoms with van der Waals surface area (Å²) in [4.78, 5) is 35.9. The van der Waals surface area contributed by atoms with E-state index in [0.29, 0.717) is 16.7 Å². The molecular weight excluding hydrogens is 260 g/mol. The second-order valence-corrected chi connectivity index (χ2v) is 4.90. The number of nitrogens with zero attached hydrogens (tertiary/aromatic N) is 2. The van der Waals surface area contributed by atoms with E-state index in [9.17, 15) is 14.4 Å². The predicted molar refractivity (Wildman–Crippen MR) is 73.3 cm³/mol. The molecular formula is C13H14N4O3. The lowest BCUT2D eigenvalue weighted by Crippen LogP contribution is -2.45. The molecule has 1 unspecified atom stereocenters. The van der Waals surface area contributed by atoms with Crippen LogP contribution < -0.4 is 16.7 Å². The smallest absolute Gasteiger partial charge is 0.329 e. The van der Waals surface area contributed by atoms with Gasteiger partial charge in [0.15, 0.2) is 5.78 Å². The third kappa shape index (κ3) is 1.63. The lowest BCUT2D eigenvalue weighted by atomic mass is 10.1. The van der Waals surface area contributed by atoms with E-state index in [1.807, 2.05) is 0 Å². The average molecular weight is 274 g/mol. The van der Waals surface area contributed by atoms with Gasteiger partial charge in [0.25, 0.3) is 0 Å². The lowest BCUT2D eigenvalue weighted by Gasteiger charge is -2.22. The number of nitrogen functional groups attached to an aromatic ring is 1. The third-order valence-corrected chi connectivity index (χ3v) is 3.63. The summed E-state index contributed by atoms with van der Waals surface area (Å²) in [5, 5.41) is 2.51. The summed E-state index contributed by atoms with van der Waals surface area (Å²) in [5.74, 6) is -0.413. The number of aromatic nitrogens is 2. The van der Waals surface area contributed by atoms with Gasteiger partial charge in [0, 0.05) is 13.5 Å². The molecule has 0 radical (unpaired) electrons. The van der Waals surface area contributed by atoms with Crippen LogP contribution >= 0.6 is 0 Å². The van der Waals surface area contributed by atoms with Crippen LogP contribution in [0.15, 0.2) is 23.0 Å². The Morgan fingerprint density at radius 3 is 2.80 bits per heavy atom. The molecule has 1 aromatic carbocycles. The number of aryl methyl sites for hydroxylation is 1. The van der Waals surface area contributed by atoms with Gasteiger partial charge in [-0.1, -0.05) is 6.07 Å². The number of para-hydroxylation sites is 1. The van der Waals surface area contributed by atoms with Gasteiger partial charge < -0.3 is 11.1 Å². The summed E-state index contributed by atoms with van der Waals surface area (Å²) in [6.45, 7) is 0.0248. The molecule has 2 heterocycles. The molecule has 7 heteroatoms. The van der Waals surface area contributed by atoms with Crippen molar-refractivity contribution in [1.82, 2.24) is 14.5 Å².